The fraction of sp³-hybridized carbons (Fsp3) is 0.250. The van der Waals surface area contributed by atoms with Gasteiger partial charge in [0.2, 0.25) is 0 Å². The maximum Gasteiger partial charge on any atom is 0.297 e. The van der Waals surface area contributed by atoms with Crippen molar-refractivity contribution in [1.82, 2.24) is 0 Å². The van der Waals surface area contributed by atoms with Gasteiger partial charge in [-0.1, -0.05) is 22.0 Å². The minimum absolute atomic E-state index is 0.0266. The first-order valence-electron chi connectivity index (χ1n) is 3.77. The first kappa shape index (κ1) is 11.6. The number of benzene rings is 1. The van der Waals surface area contributed by atoms with Gasteiger partial charge in [0.25, 0.3) is 10.1 Å². The van der Waals surface area contributed by atoms with Crippen molar-refractivity contribution in [3.63, 3.8) is 0 Å². The lowest BCUT2D eigenvalue weighted by atomic mass is 10.4. The number of alkyl halides is 1. The van der Waals surface area contributed by atoms with Crippen LogP contribution in [0.5, 0.6) is 0 Å². The molecule has 0 saturated carbocycles. The van der Waals surface area contributed by atoms with Crippen molar-refractivity contribution in [3.05, 3.63) is 30.1 Å². The van der Waals surface area contributed by atoms with Crippen molar-refractivity contribution in [2.45, 2.75) is 4.90 Å². The van der Waals surface area contributed by atoms with Crippen LogP contribution in [0, 0.1) is 5.82 Å². The summed E-state index contributed by atoms with van der Waals surface area (Å²) in [7, 11) is -3.81. The Hall–Kier alpha value is -0.460. The molecule has 1 aromatic carbocycles. The zero-order valence-corrected chi connectivity index (χ0v) is 9.52. The SMILES string of the molecule is O=S(=O)(OCCBr)c1cccc(F)c1. The van der Waals surface area contributed by atoms with E-state index in [1.165, 1.54) is 18.2 Å². The van der Waals surface area contributed by atoms with Crippen LogP contribution in [0.4, 0.5) is 4.39 Å². The van der Waals surface area contributed by atoms with Crippen LogP contribution in [0.25, 0.3) is 0 Å². The minimum Gasteiger partial charge on any atom is -0.265 e. The molecule has 0 spiro atoms. The molecule has 0 bridgehead atoms. The summed E-state index contributed by atoms with van der Waals surface area (Å²) in [6.45, 7) is 0.0266. The maximum atomic E-state index is 12.7. The van der Waals surface area contributed by atoms with Gasteiger partial charge >= 0.3 is 0 Å². The summed E-state index contributed by atoms with van der Waals surface area (Å²) in [6, 6.07) is 4.69. The van der Waals surface area contributed by atoms with Crippen molar-refractivity contribution in [3.8, 4) is 0 Å². The first-order valence-corrected chi connectivity index (χ1v) is 6.30. The topological polar surface area (TPSA) is 43.4 Å². The van der Waals surface area contributed by atoms with E-state index in [0.29, 0.717) is 5.33 Å². The summed E-state index contributed by atoms with van der Waals surface area (Å²) >= 11 is 3.03. The van der Waals surface area contributed by atoms with Crippen molar-refractivity contribution in [2.75, 3.05) is 11.9 Å². The van der Waals surface area contributed by atoms with Gasteiger partial charge in [-0.3, -0.25) is 4.18 Å². The fourth-order valence-corrected chi connectivity index (χ4v) is 2.15. The summed E-state index contributed by atoms with van der Waals surface area (Å²) < 4.78 is 39.9. The summed E-state index contributed by atoms with van der Waals surface area (Å²) in [6.07, 6.45) is 0. The molecule has 1 aromatic rings. The highest BCUT2D eigenvalue weighted by molar-refractivity contribution is 9.09. The van der Waals surface area contributed by atoms with Crippen LogP contribution < -0.4 is 0 Å². The highest BCUT2D eigenvalue weighted by atomic mass is 79.9. The van der Waals surface area contributed by atoms with Gasteiger partial charge in [0.1, 0.15) is 5.82 Å². The molecule has 0 N–H and O–H groups in total. The number of hydrogen-bond donors (Lipinski definition) is 0. The molecule has 0 fully saturated rings. The fourth-order valence-electron chi connectivity index (χ4n) is 0.832. The Morgan fingerprint density at radius 3 is 2.71 bits per heavy atom. The highest BCUT2D eigenvalue weighted by Crippen LogP contribution is 2.13. The molecule has 0 aliphatic heterocycles. The highest BCUT2D eigenvalue weighted by Gasteiger charge is 2.14. The Kier molecular flexibility index (Phi) is 4.03. The van der Waals surface area contributed by atoms with Crippen LogP contribution >= 0.6 is 15.9 Å². The molecule has 0 aromatic heterocycles. The Bertz CT molecular complexity index is 405. The molecular formula is C8H8BrFO3S. The molecule has 14 heavy (non-hydrogen) atoms. The van der Waals surface area contributed by atoms with Gasteiger partial charge in [-0.25, -0.2) is 4.39 Å². The largest absolute Gasteiger partial charge is 0.297 e. The molecule has 0 atom stereocenters. The van der Waals surface area contributed by atoms with Gasteiger partial charge in [0, 0.05) is 5.33 Å². The third-order valence-electron chi connectivity index (χ3n) is 1.40. The molecule has 0 radical (unpaired) electrons. The van der Waals surface area contributed by atoms with E-state index < -0.39 is 15.9 Å². The molecule has 0 aliphatic rings. The van der Waals surface area contributed by atoms with E-state index in [9.17, 15) is 12.8 Å². The van der Waals surface area contributed by atoms with Gasteiger partial charge in [-0.15, -0.1) is 0 Å². The van der Waals surface area contributed by atoms with E-state index in [-0.39, 0.29) is 11.5 Å². The van der Waals surface area contributed by atoms with E-state index in [0.717, 1.165) is 6.07 Å². The zero-order valence-electron chi connectivity index (χ0n) is 7.11. The summed E-state index contributed by atoms with van der Waals surface area (Å²) in [5.74, 6) is -0.603. The van der Waals surface area contributed by atoms with Gasteiger partial charge in [0.05, 0.1) is 11.5 Å². The Morgan fingerprint density at radius 1 is 1.43 bits per heavy atom. The molecule has 0 amide bonds. The van der Waals surface area contributed by atoms with Crippen LogP contribution in [0.2, 0.25) is 0 Å². The van der Waals surface area contributed by atoms with Gasteiger partial charge in [-0.2, -0.15) is 8.42 Å². The molecule has 6 heteroatoms. The van der Waals surface area contributed by atoms with Crippen LogP contribution in [0.1, 0.15) is 0 Å². The second-order valence-electron chi connectivity index (χ2n) is 2.42. The Balaban J connectivity index is 2.93. The van der Waals surface area contributed by atoms with Crippen LogP contribution in [-0.4, -0.2) is 20.4 Å². The monoisotopic (exact) mass is 282 g/mol. The molecular weight excluding hydrogens is 275 g/mol. The Morgan fingerprint density at radius 2 is 2.14 bits per heavy atom. The van der Waals surface area contributed by atoms with E-state index in [4.69, 9.17) is 0 Å². The van der Waals surface area contributed by atoms with Gasteiger partial charge in [0.15, 0.2) is 0 Å². The summed E-state index contributed by atoms with van der Waals surface area (Å²) in [5, 5.41) is 0.404. The minimum atomic E-state index is -3.81. The van der Waals surface area contributed by atoms with E-state index in [2.05, 4.69) is 20.1 Å². The number of rotatable bonds is 4. The van der Waals surface area contributed by atoms with E-state index in [1.807, 2.05) is 0 Å². The maximum absolute atomic E-state index is 12.7. The third kappa shape index (κ3) is 3.04. The van der Waals surface area contributed by atoms with Crippen molar-refractivity contribution >= 4 is 26.0 Å². The number of halogens is 2. The van der Waals surface area contributed by atoms with Gasteiger partial charge in [-0.05, 0) is 18.2 Å². The summed E-state index contributed by atoms with van der Waals surface area (Å²) in [4.78, 5) is -0.168. The smallest absolute Gasteiger partial charge is 0.265 e. The molecule has 78 valence electrons. The lowest BCUT2D eigenvalue weighted by molar-refractivity contribution is 0.342. The van der Waals surface area contributed by atoms with Crippen molar-refractivity contribution in [1.29, 1.82) is 0 Å². The second-order valence-corrected chi connectivity index (χ2v) is 4.83. The van der Waals surface area contributed by atoms with E-state index in [1.54, 1.807) is 0 Å². The van der Waals surface area contributed by atoms with Crippen LogP contribution in [-0.2, 0) is 14.3 Å². The predicted molar refractivity (Wildman–Crippen MR) is 53.3 cm³/mol. The lowest BCUT2D eigenvalue weighted by Gasteiger charge is -2.03. The molecule has 0 saturated heterocycles. The van der Waals surface area contributed by atoms with Crippen LogP contribution in [0.15, 0.2) is 29.2 Å². The lowest BCUT2D eigenvalue weighted by Crippen LogP contribution is -2.08. The molecule has 0 heterocycles. The average Bonchev–Trinajstić information content (AvgIpc) is 2.15. The standard InChI is InChI=1S/C8H8BrFO3S/c9-4-5-13-14(11,12)8-3-1-2-7(10)6-8/h1-3,6H,4-5H2. The molecule has 1 rings (SSSR count). The zero-order chi connectivity index (χ0) is 10.6. The van der Waals surface area contributed by atoms with Gasteiger partial charge < -0.3 is 0 Å². The predicted octanol–water partition coefficient (Wildman–Crippen LogP) is 1.93. The first-order chi connectivity index (χ1) is 6.56. The Labute approximate surface area is 90.1 Å². The molecule has 0 unspecified atom stereocenters. The second kappa shape index (κ2) is 4.86. The average molecular weight is 283 g/mol. The van der Waals surface area contributed by atoms with E-state index >= 15 is 0 Å². The number of hydrogen-bond acceptors (Lipinski definition) is 3. The third-order valence-corrected chi connectivity index (χ3v) is 3.03. The normalized spacial score (nSPS) is 11.6. The molecule has 3 nitrogen and oxygen atoms in total. The van der Waals surface area contributed by atoms with Crippen LogP contribution in [0.3, 0.4) is 0 Å². The van der Waals surface area contributed by atoms with Crippen molar-refractivity contribution < 1.29 is 17.0 Å². The summed E-state index contributed by atoms with van der Waals surface area (Å²) in [5.41, 5.74) is 0. The molecule has 0 aliphatic carbocycles. The van der Waals surface area contributed by atoms with Crippen molar-refractivity contribution in [2.24, 2.45) is 0 Å². The quantitative estimate of drug-likeness (QED) is 0.626.